The highest BCUT2D eigenvalue weighted by molar-refractivity contribution is 7.93. The number of carbonyl (C=O) groups is 1. The summed E-state index contributed by atoms with van der Waals surface area (Å²) in [5, 5.41) is 0.477. The van der Waals surface area contributed by atoms with E-state index in [0.717, 1.165) is 11.5 Å². The molecule has 140 valence electrons. The lowest BCUT2D eigenvalue weighted by atomic mass is 10.3. The summed E-state index contributed by atoms with van der Waals surface area (Å²) in [6.07, 6.45) is 0.422. The first-order valence-electron chi connectivity index (χ1n) is 7.51. The minimum absolute atomic E-state index is 0.0144. The number of nitrogens with zero attached hydrogens (tertiary/aromatic N) is 3. The quantitative estimate of drug-likeness (QED) is 0.743. The van der Waals surface area contributed by atoms with Gasteiger partial charge in [0.1, 0.15) is 17.3 Å². The van der Waals surface area contributed by atoms with Gasteiger partial charge in [0.25, 0.3) is 10.0 Å². The number of amides is 1. The Morgan fingerprint density at radius 1 is 1.35 bits per heavy atom. The third kappa shape index (κ3) is 4.63. The van der Waals surface area contributed by atoms with Gasteiger partial charge in [-0.3, -0.25) is 9.52 Å². The van der Waals surface area contributed by atoms with Crippen LogP contribution >= 0.6 is 34.7 Å². The molecular formula is C14H14Cl2N4O4S2. The average molecular weight is 437 g/mol. The van der Waals surface area contributed by atoms with Crippen LogP contribution in [0.5, 0.6) is 0 Å². The number of rotatable bonds is 6. The zero-order chi connectivity index (χ0) is 18.7. The molecule has 8 nitrogen and oxygen atoms in total. The van der Waals surface area contributed by atoms with Crippen LogP contribution in [0.4, 0.5) is 5.13 Å². The predicted molar refractivity (Wildman–Crippen MR) is 98.3 cm³/mol. The Balaban J connectivity index is 1.65. The van der Waals surface area contributed by atoms with E-state index in [1.165, 1.54) is 18.2 Å². The van der Waals surface area contributed by atoms with Crippen LogP contribution in [-0.4, -0.2) is 54.9 Å². The number of ether oxygens (including phenoxy) is 1. The number of halogens is 2. The second-order valence-corrected chi connectivity index (χ2v) is 8.63. The molecular weight excluding hydrogens is 423 g/mol. The molecule has 1 aromatic heterocycles. The van der Waals surface area contributed by atoms with Crippen LogP contribution in [0.3, 0.4) is 0 Å². The summed E-state index contributed by atoms with van der Waals surface area (Å²) in [5.74, 6) is 0.374. The van der Waals surface area contributed by atoms with Crippen LogP contribution in [-0.2, 0) is 26.0 Å². The maximum Gasteiger partial charge on any atom is 0.265 e. The number of nitrogens with one attached hydrogen (secondary N) is 1. The maximum atomic E-state index is 12.4. The molecule has 1 N–H and O–H groups in total. The predicted octanol–water partition coefficient (Wildman–Crippen LogP) is 2.05. The van der Waals surface area contributed by atoms with Crippen LogP contribution < -0.4 is 4.72 Å². The Morgan fingerprint density at radius 2 is 2.15 bits per heavy atom. The van der Waals surface area contributed by atoms with Gasteiger partial charge in [-0.25, -0.2) is 13.4 Å². The molecule has 2 aromatic rings. The smallest absolute Gasteiger partial charge is 0.265 e. The topological polar surface area (TPSA) is 101 Å². The van der Waals surface area contributed by atoms with E-state index in [0.29, 0.717) is 37.0 Å². The van der Waals surface area contributed by atoms with Crippen molar-refractivity contribution in [2.75, 3.05) is 31.0 Å². The van der Waals surface area contributed by atoms with E-state index in [-0.39, 0.29) is 27.6 Å². The van der Waals surface area contributed by atoms with Crippen molar-refractivity contribution in [2.45, 2.75) is 11.3 Å². The fourth-order valence-electron chi connectivity index (χ4n) is 2.28. The third-order valence-electron chi connectivity index (χ3n) is 3.56. The lowest BCUT2D eigenvalue weighted by Crippen LogP contribution is -2.42. The molecule has 2 heterocycles. The highest BCUT2D eigenvalue weighted by Crippen LogP contribution is 2.27. The number of hydrogen-bond acceptors (Lipinski definition) is 7. The molecule has 0 spiro atoms. The molecule has 26 heavy (non-hydrogen) atoms. The Labute approximate surface area is 164 Å². The van der Waals surface area contributed by atoms with Gasteiger partial charge in [-0.05, 0) is 18.2 Å². The first-order valence-corrected chi connectivity index (χ1v) is 10.5. The summed E-state index contributed by atoms with van der Waals surface area (Å²) in [7, 11) is -3.91. The van der Waals surface area contributed by atoms with E-state index in [2.05, 4.69) is 14.1 Å². The molecule has 0 bridgehead atoms. The number of benzene rings is 1. The zero-order valence-corrected chi connectivity index (χ0v) is 16.5. The fourth-order valence-corrected chi connectivity index (χ4v) is 4.89. The van der Waals surface area contributed by atoms with E-state index in [1.54, 1.807) is 4.90 Å². The number of morpholine rings is 1. The standard InChI is InChI=1S/C14H14Cl2N4O4S2/c15-9-1-2-11(10(16)7-9)26(22,23)19-14-17-12(18-25-14)3-4-20-5-6-24-8-13(20)21/h1-2,7H,3-6,8H2,(H,17,18,19). The molecule has 12 heteroatoms. The summed E-state index contributed by atoms with van der Waals surface area (Å²) in [4.78, 5) is 17.4. The van der Waals surface area contributed by atoms with Crippen LogP contribution in [0.1, 0.15) is 5.82 Å². The third-order valence-corrected chi connectivity index (χ3v) is 6.42. The van der Waals surface area contributed by atoms with Crippen molar-refractivity contribution in [3.63, 3.8) is 0 Å². The number of anilines is 1. The van der Waals surface area contributed by atoms with E-state index >= 15 is 0 Å². The average Bonchev–Trinajstić information content (AvgIpc) is 3.00. The van der Waals surface area contributed by atoms with Gasteiger partial charge in [0, 0.05) is 36.1 Å². The molecule has 0 unspecified atom stereocenters. The molecule has 1 amide bonds. The second kappa shape index (κ2) is 8.05. The molecule has 1 aromatic carbocycles. The van der Waals surface area contributed by atoms with Gasteiger partial charge in [0.2, 0.25) is 11.0 Å². The molecule has 0 radical (unpaired) electrons. The van der Waals surface area contributed by atoms with E-state index in [9.17, 15) is 13.2 Å². The van der Waals surface area contributed by atoms with Crippen molar-refractivity contribution < 1.29 is 17.9 Å². The lowest BCUT2D eigenvalue weighted by Gasteiger charge is -2.26. The minimum atomic E-state index is -3.91. The van der Waals surface area contributed by atoms with Gasteiger partial charge in [0.15, 0.2) is 0 Å². The molecule has 1 aliphatic heterocycles. The highest BCUT2D eigenvalue weighted by Gasteiger charge is 2.21. The maximum absolute atomic E-state index is 12.4. The van der Waals surface area contributed by atoms with Gasteiger partial charge in [0.05, 0.1) is 11.6 Å². The van der Waals surface area contributed by atoms with Crippen molar-refractivity contribution in [3.05, 3.63) is 34.1 Å². The van der Waals surface area contributed by atoms with Gasteiger partial charge >= 0.3 is 0 Å². The molecule has 1 fully saturated rings. The van der Waals surface area contributed by atoms with Gasteiger partial charge in [-0.1, -0.05) is 23.2 Å². The zero-order valence-electron chi connectivity index (χ0n) is 13.3. The first kappa shape index (κ1) is 19.3. The minimum Gasteiger partial charge on any atom is -0.370 e. The molecule has 0 saturated carbocycles. The Hall–Kier alpha value is -1.46. The van der Waals surface area contributed by atoms with Gasteiger partial charge in [-0.15, -0.1) is 0 Å². The summed E-state index contributed by atoms with van der Waals surface area (Å²) >= 11 is 12.7. The summed E-state index contributed by atoms with van der Waals surface area (Å²) in [6.45, 7) is 1.56. The van der Waals surface area contributed by atoms with Crippen LogP contribution in [0.2, 0.25) is 10.0 Å². The van der Waals surface area contributed by atoms with E-state index in [1.807, 2.05) is 0 Å². The second-order valence-electron chi connectivity index (χ2n) is 5.38. The number of carbonyl (C=O) groups excluding carboxylic acids is 1. The Bertz CT molecular complexity index is 919. The van der Waals surface area contributed by atoms with Crippen LogP contribution in [0, 0.1) is 0 Å². The summed E-state index contributed by atoms with van der Waals surface area (Å²) in [6, 6.07) is 4.11. The van der Waals surface area contributed by atoms with Crippen LogP contribution in [0.25, 0.3) is 0 Å². The lowest BCUT2D eigenvalue weighted by molar-refractivity contribution is -0.142. The molecule has 1 saturated heterocycles. The SMILES string of the molecule is O=C1COCCN1CCc1nsc(NS(=O)(=O)c2ccc(Cl)cc2Cl)n1. The molecule has 0 aliphatic carbocycles. The largest absolute Gasteiger partial charge is 0.370 e. The number of sulfonamides is 1. The van der Waals surface area contributed by atoms with Crippen molar-refractivity contribution in [1.82, 2.24) is 14.3 Å². The Kier molecular flexibility index (Phi) is 5.98. The number of hydrogen-bond donors (Lipinski definition) is 1. The van der Waals surface area contributed by atoms with Crippen molar-refractivity contribution in [1.29, 1.82) is 0 Å². The van der Waals surface area contributed by atoms with Gasteiger partial charge in [-0.2, -0.15) is 4.37 Å². The van der Waals surface area contributed by atoms with E-state index < -0.39 is 10.0 Å². The number of aromatic nitrogens is 2. The Morgan fingerprint density at radius 3 is 2.88 bits per heavy atom. The van der Waals surface area contributed by atoms with E-state index in [4.69, 9.17) is 27.9 Å². The van der Waals surface area contributed by atoms with Crippen LogP contribution in [0.15, 0.2) is 23.1 Å². The summed E-state index contributed by atoms with van der Waals surface area (Å²) < 4.78 is 36.4. The first-order chi connectivity index (χ1) is 12.3. The van der Waals surface area contributed by atoms with Crippen molar-refractivity contribution in [3.8, 4) is 0 Å². The highest BCUT2D eigenvalue weighted by atomic mass is 35.5. The molecule has 0 atom stereocenters. The normalized spacial score (nSPS) is 15.3. The monoisotopic (exact) mass is 436 g/mol. The molecule has 1 aliphatic rings. The van der Waals surface area contributed by atoms with Crippen molar-refractivity contribution >= 4 is 55.8 Å². The summed E-state index contributed by atoms with van der Waals surface area (Å²) in [5.41, 5.74) is 0. The van der Waals surface area contributed by atoms with Crippen molar-refractivity contribution in [2.24, 2.45) is 0 Å². The fraction of sp³-hybridized carbons (Fsp3) is 0.357. The van der Waals surface area contributed by atoms with Gasteiger partial charge < -0.3 is 9.64 Å². The molecule has 3 rings (SSSR count).